The standard InChI is InChI=1S/C11H20O/c1-3-4-5-6-7-8-9-10-11-12-2/h3,6-11H2,1-2H3. The van der Waals surface area contributed by atoms with Gasteiger partial charge in [0.15, 0.2) is 0 Å². The first-order valence-corrected chi connectivity index (χ1v) is 4.86. The molecule has 0 N–H and O–H groups in total. The SMILES string of the molecule is CCC#CCCCCCCOC. The van der Waals surface area contributed by atoms with E-state index < -0.39 is 0 Å². The third-order valence-corrected chi connectivity index (χ3v) is 1.70. The van der Waals surface area contributed by atoms with E-state index in [-0.39, 0.29) is 0 Å². The van der Waals surface area contributed by atoms with Crippen LogP contribution in [0.1, 0.15) is 45.4 Å². The molecule has 0 spiro atoms. The monoisotopic (exact) mass is 168 g/mol. The lowest BCUT2D eigenvalue weighted by Crippen LogP contribution is -1.87. The van der Waals surface area contributed by atoms with Crippen molar-refractivity contribution in [2.24, 2.45) is 0 Å². The van der Waals surface area contributed by atoms with Gasteiger partial charge in [0.2, 0.25) is 0 Å². The summed E-state index contributed by atoms with van der Waals surface area (Å²) in [6.45, 7) is 2.99. The molecule has 0 aliphatic rings. The minimum atomic E-state index is 0.903. The van der Waals surface area contributed by atoms with Gasteiger partial charge in [-0.3, -0.25) is 0 Å². The van der Waals surface area contributed by atoms with E-state index in [9.17, 15) is 0 Å². The van der Waals surface area contributed by atoms with Crippen molar-refractivity contribution in [3.8, 4) is 11.8 Å². The Morgan fingerprint density at radius 2 is 1.75 bits per heavy atom. The molecule has 0 saturated carbocycles. The van der Waals surface area contributed by atoms with Gasteiger partial charge in [-0.1, -0.05) is 19.8 Å². The topological polar surface area (TPSA) is 9.23 Å². The molecule has 0 atom stereocenters. The van der Waals surface area contributed by atoms with Crippen LogP contribution in [0.5, 0.6) is 0 Å². The summed E-state index contributed by atoms with van der Waals surface area (Å²) in [5.41, 5.74) is 0. The Morgan fingerprint density at radius 1 is 1.00 bits per heavy atom. The van der Waals surface area contributed by atoms with Crippen LogP contribution in [0.3, 0.4) is 0 Å². The molecule has 70 valence electrons. The van der Waals surface area contributed by atoms with Crippen LogP contribution in [0, 0.1) is 11.8 Å². The van der Waals surface area contributed by atoms with E-state index in [2.05, 4.69) is 18.8 Å². The van der Waals surface area contributed by atoms with Gasteiger partial charge in [0.25, 0.3) is 0 Å². The summed E-state index contributed by atoms with van der Waals surface area (Å²) in [5.74, 6) is 6.22. The van der Waals surface area contributed by atoms with Gasteiger partial charge in [-0.2, -0.15) is 0 Å². The normalized spacial score (nSPS) is 9.17. The summed E-state index contributed by atoms with van der Waals surface area (Å²) in [6, 6.07) is 0. The number of hydrogen-bond donors (Lipinski definition) is 0. The fourth-order valence-electron chi connectivity index (χ4n) is 1.03. The number of hydrogen-bond acceptors (Lipinski definition) is 1. The average Bonchev–Trinajstić information content (AvgIpc) is 2.10. The molecule has 0 unspecified atom stereocenters. The number of methoxy groups -OCH3 is 1. The lowest BCUT2D eigenvalue weighted by molar-refractivity contribution is 0.192. The van der Waals surface area contributed by atoms with Crippen molar-refractivity contribution in [3.05, 3.63) is 0 Å². The molecular formula is C11H20O. The maximum atomic E-state index is 4.96. The zero-order chi connectivity index (χ0) is 9.07. The summed E-state index contributed by atoms with van der Waals surface area (Å²) >= 11 is 0. The highest BCUT2D eigenvalue weighted by Gasteiger charge is 1.87. The first-order chi connectivity index (χ1) is 5.91. The van der Waals surface area contributed by atoms with Crippen LogP contribution < -0.4 is 0 Å². The lowest BCUT2D eigenvalue weighted by Gasteiger charge is -1.97. The summed E-state index contributed by atoms with van der Waals surface area (Å²) in [7, 11) is 1.76. The lowest BCUT2D eigenvalue weighted by atomic mass is 10.1. The molecule has 0 rings (SSSR count). The molecule has 0 fully saturated rings. The van der Waals surface area contributed by atoms with E-state index in [0.717, 1.165) is 19.4 Å². The Balaban J connectivity index is 2.91. The van der Waals surface area contributed by atoms with Gasteiger partial charge in [0, 0.05) is 26.6 Å². The smallest absolute Gasteiger partial charge is 0.0462 e. The molecule has 0 aromatic rings. The Hall–Kier alpha value is -0.480. The summed E-state index contributed by atoms with van der Waals surface area (Å²) in [4.78, 5) is 0. The molecule has 0 amide bonds. The van der Waals surface area contributed by atoms with Crippen LogP contribution >= 0.6 is 0 Å². The highest BCUT2D eigenvalue weighted by molar-refractivity contribution is 4.97. The van der Waals surface area contributed by atoms with E-state index in [1.165, 1.54) is 25.7 Å². The van der Waals surface area contributed by atoms with Crippen LogP contribution in [0.4, 0.5) is 0 Å². The summed E-state index contributed by atoms with van der Waals surface area (Å²) < 4.78 is 4.96. The first-order valence-electron chi connectivity index (χ1n) is 4.86. The minimum absolute atomic E-state index is 0.903. The summed E-state index contributed by atoms with van der Waals surface area (Å²) in [6.07, 6.45) is 7.07. The van der Waals surface area contributed by atoms with Crippen molar-refractivity contribution in [2.45, 2.75) is 45.4 Å². The van der Waals surface area contributed by atoms with E-state index in [4.69, 9.17) is 4.74 Å². The molecule has 12 heavy (non-hydrogen) atoms. The Bertz CT molecular complexity index is 130. The summed E-state index contributed by atoms with van der Waals surface area (Å²) in [5, 5.41) is 0. The van der Waals surface area contributed by atoms with Gasteiger partial charge in [-0.05, 0) is 12.8 Å². The van der Waals surface area contributed by atoms with Crippen molar-refractivity contribution in [1.82, 2.24) is 0 Å². The second kappa shape index (κ2) is 10.5. The van der Waals surface area contributed by atoms with Crippen LogP contribution in [-0.4, -0.2) is 13.7 Å². The largest absolute Gasteiger partial charge is 0.385 e. The fraction of sp³-hybridized carbons (Fsp3) is 0.818. The molecule has 0 aromatic heterocycles. The predicted molar refractivity (Wildman–Crippen MR) is 53.0 cm³/mol. The van der Waals surface area contributed by atoms with E-state index in [0.29, 0.717) is 0 Å². The zero-order valence-electron chi connectivity index (χ0n) is 8.36. The number of unbranched alkanes of at least 4 members (excludes halogenated alkanes) is 4. The first kappa shape index (κ1) is 11.5. The molecule has 0 bridgehead atoms. The number of ether oxygens (including phenoxy) is 1. The van der Waals surface area contributed by atoms with Gasteiger partial charge >= 0.3 is 0 Å². The minimum Gasteiger partial charge on any atom is -0.385 e. The van der Waals surface area contributed by atoms with Gasteiger partial charge < -0.3 is 4.74 Å². The van der Waals surface area contributed by atoms with Crippen LogP contribution in [0.15, 0.2) is 0 Å². The van der Waals surface area contributed by atoms with Gasteiger partial charge in [0.1, 0.15) is 0 Å². The Morgan fingerprint density at radius 3 is 2.42 bits per heavy atom. The van der Waals surface area contributed by atoms with Crippen LogP contribution in [0.25, 0.3) is 0 Å². The molecule has 0 aromatic carbocycles. The molecule has 0 aliphatic carbocycles. The van der Waals surface area contributed by atoms with E-state index in [1.807, 2.05) is 0 Å². The second-order valence-corrected chi connectivity index (χ2v) is 2.86. The van der Waals surface area contributed by atoms with Crippen molar-refractivity contribution in [3.63, 3.8) is 0 Å². The number of rotatable bonds is 6. The predicted octanol–water partition coefficient (Wildman–Crippen LogP) is 3.00. The molecule has 0 radical (unpaired) electrons. The third-order valence-electron chi connectivity index (χ3n) is 1.70. The van der Waals surface area contributed by atoms with Crippen LogP contribution in [-0.2, 0) is 4.74 Å². The van der Waals surface area contributed by atoms with Gasteiger partial charge in [-0.25, -0.2) is 0 Å². The van der Waals surface area contributed by atoms with E-state index in [1.54, 1.807) is 7.11 Å². The third kappa shape index (κ3) is 9.52. The molecule has 0 saturated heterocycles. The fourth-order valence-corrected chi connectivity index (χ4v) is 1.03. The molecular weight excluding hydrogens is 148 g/mol. The molecule has 0 heterocycles. The maximum Gasteiger partial charge on any atom is 0.0462 e. The molecule has 0 aliphatic heterocycles. The van der Waals surface area contributed by atoms with Gasteiger partial charge in [-0.15, -0.1) is 11.8 Å². The van der Waals surface area contributed by atoms with Crippen LogP contribution in [0.2, 0.25) is 0 Å². The highest BCUT2D eigenvalue weighted by atomic mass is 16.5. The average molecular weight is 168 g/mol. The van der Waals surface area contributed by atoms with Crippen molar-refractivity contribution < 1.29 is 4.74 Å². The second-order valence-electron chi connectivity index (χ2n) is 2.86. The Kier molecular flexibility index (Phi) is 10.1. The van der Waals surface area contributed by atoms with Crippen molar-refractivity contribution in [1.29, 1.82) is 0 Å². The molecule has 1 heteroatoms. The quantitative estimate of drug-likeness (QED) is 0.437. The Labute approximate surface area is 76.5 Å². The molecule has 1 nitrogen and oxygen atoms in total. The zero-order valence-corrected chi connectivity index (χ0v) is 8.36. The van der Waals surface area contributed by atoms with E-state index >= 15 is 0 Å². The highest BCUT2D eigenvalue weighted by Crippen LogP contribution is 2.01. The van der Waals surface area contributed by atoms with Gasteiger partial charge in [0.05, 0.1) is 0 Å². The van der Waals surface area contributed by atoms with Crippen molar-refractivity contribution in [2.75, 3.05) is 13.7 Å². The van der Waals surface area contributed by atoms with Crippen molar-refractivity contribution >= 4 is 0 Å². The maximum absolute atomic E-state index is 4.96.